The number of nitrogens with one attached hydrogen (secondary N) is 1. The van der Waals surface area contributed by atoms with Crippen LogP contribution in [0.2, 0.25) is 0 Å². The van der Waals surface area contributed by atoms with Crippen molar-refractivity contribution in [2.24, 2.45) is 5.84 Å². The zero-order valence-corrected chi connectivity index (χ0v) is 11.0. The number of nitrogens with two attached hydrogens (primary N) is 1. The average molecular weight is 262 g/mol. The molecule has 0 aliphatic heterocycles. The van der Waals surface area contributed by atoms with Crippen LogP contribution in [-0.2, 0) is 0 Å². The highest BCUT2D eigenvalue weighted by Crippen LogP contribution is 2.24. The van der Waals surface area contributed by atoms with Gasteiger partial charge in [0.25, 0.3) is 0 Å². The van der Waals surface area contributed by atoms with Gasteiger partial charge in [-0.15, -0.1) is 11.8 Å². The van der Waals surface area contributed by atoms with E-state index < -0.39 is 0 Å². The fraction of sp³-hybridized carbons (Fsp3) is 0.167. The van der Waals surface area contributed by atoms with Gasteiger partial charge in [0.2, 0.25) is 5.88 Å². The second-order valence-corrected chi connectivity index (χ2v) is 4.44. The monoisotopic (exact) mass is 262 g/mol. The van der Waals surface area contributed by atoms with E-state index >= 15 is 0 Å². The van der Waals surface area contributed by atoms with Gasteiger partial charge in [0, 0.05) is 11.0 Å². The van der Waals surface area contributed by atoms with Gasteiger partial charge >= 0.3 is 0 Å². The molecule has 2 aromatic rings. The maximum Gasteiger partial charge on any atom is 0.224 e. The highest BCUT2D eigenvalue weighted by molar-refractivity contribution is 7.98. The molecule has 0 fully saturated rings. The van der Waals surface area contributed by atoms with Crippen molar-refractivity contribution in [1.82, 2.24) is 9.97 Å². The second-order valence-electron chi connectivity index (χ2n) is 3.56. The molecule has 0 radical (unpaired) electrons. The van der Waals surface area contributed by atoms with Gasteiger partial charge in [-0.3, -0.25) is 0 Å². The molecule has 94 valence electrons. The van der Waals surface area contributed by atoms with Gasteiger partial charge in [-0.05, 0) is 37.4 Å². The zero-order valence-electron chi connectivity index (χ0n) is 10.2. The van der Waals surface area contributed by atoms with Gasteiger partial charge < -0.3 is 10.2 Å². The van der Waals surface area contributed by atoms with Gasteiger partial charge in [0.1, 0.15) is 17.4 Å². The lowest BCUT2D eigenvalue weighted by Gasteiger charge is -2.07. The number of aromatic nitrogens is 2. The molecule has 0 bridgehead atoms. The third-order valence-electron chi connectivity index (χ3n) is 2.24. The molecule has 0 spiro atoms. The van der Waals surface area contributed by atoms with Crippen LogP contribution in [0.1, 0.15) is 5.82 Å². The summed E-state index contributed by atoms with van der Waals surface area (Å²) < 4.78 is 5.65. The Bertz CT molecular complexity index is 530. The van der Waals surface area contributed by atoms with E-state index in [4.69, 9.17) is 10.6 Å². The van der Waals surface area contributed by atoms with Gasteiger partial charge in [0.15, 0.2) is 0 Å². The fourth-order valence-corrected chi connectivity index (χ4v) is 1.84. The third-order valence-corrected chi connectivity index (χ3v) is 2.99. The largest absolute Gasteiger partial charge is 0.439 e. The molecule has 5 nitrogen and oxygen atoms in total. The van der Waals surface area contributed by atoms with Crippen LogP contribution in [0.15, 0.2) is 35.2 Å². The van der Waals surface area contributed by atoms with Crippen molar-refractivity contribution in [2.45, 2.75) is 11.8 Å². The van der Waals surface area contributed by atoms with Crippen molar-refractivity contribution in [3.05, 3.63) is 36.2 Å². The summed E-state index contributed by atoms with van der Waals surface area (Å²) in [7, 11) is 0. The predicted octanol–water partition coefficient (Wildman–Crippen LogP) is 2.58. The lowest BCUT2D eigenvalue weighted by atomic mass is 10.3. The molecule has 0 atom stereocenters. The van der Waals surface area contributed by atoms with E-state index in [0.717, 1.165) is 5.75 Å². The normalized spacial score (nSPS) is 10.2. The van der Waals surface area contributed by atoms with Crippen LogP contribution in [0, 0.1) is 6.92 Å². The Kier molecular flexibility index (Phi) is 4.01. The molecule has 0 amide bonds. The fourth-order valence-electron chi connectivity index (χ4n) is 1.43. The van der Waals surface area contributed by atoms with E-state index in [2.05, 4.69) is 15.4 Å². The molecule has 0 unspecified atom stereocenters. The summed E-state index contributed by atoms with van der Waals surface area (Å²) in [5.41, 5.74) is 2.48. The number of nitrogens with zero attached hydrogens (tertiary/aromatic N) is 2. The number of hydrazine groups is 1. The summed E-state index contributed by atoms with van der Waals surface area (Å²) in [6, 6.07) is 9.44. The standard InChI is InChI=1S/C12H14N4OS/c1-8-14-11(16-13)7-12(15-8)17-9-3-5-10(18-2)6-4-9/h3-7H,13H2,1-2H3,(H,14,15,16). The highest BCUT2D eigenvalue weighted by atomic mass is 32.2. The molecule has 0 saturated heterocycles. The number of nitrogen functional groups attached to an aromatic ring is 1. The Balaban J connectivity index is 2.19. The molecular weight excluding hydrogens is 248 g/mol. The lowest BCUT2D eigenvalue weighted by Crippen LogP contribution is -2.09. The summed E-state index contributed by atoms with van der Waals surface area (Å²) in [4.78, 5) is 9.46. The molecule has 1 aromatic carbocycles. The number of anilines is 1. The minimum Gasteiger partial charge on any atom is -0.439 e. The van der Waals surface area contributed by atoms with Crippen molar-refractivity contribution in [3.63, 3.8) is 0 Å². The molecule has 0 aliphatic carbocycles. The van der Waals surface area contributed by atoms with E-state index in [1.54, 1.807) is 24.8 Å². The van der Waals surface area contributed by atoms with Crippen LogP contribution in [0.4, 0.5) is 5.82 Å². The first-order valence-electron chi connectivity index (χ1n) is 5.35. The van der Waals surface area contributed by atoms with Crippen LogP contribution in [0.3, 0.4) is 0 Å². The molecule has 0 aliphatic rings. The minimum absolute atomic E-state index is 0.465. The number of hydrogen-bond acceptors (Lipinski definition) is 6. The molecule has 18 heavy (non-hydrogen) atoms. The number of benzene rings is 1. The number of rotatable bonds is 4. The first-order chi connectivity index (χ1) is 8.71. The smallest absolute Gasteiger partial charge is 0.224 e. The van der Waals surface area contributed by atoms with Crippen molar-refractivity contribution in [2.75, 3.05) is 11.7 Å². The third kappa shape index (κ3) is 3.12. The maximum absolute atomic E-state index is 5.65. The van der Waals surface area contributed by atoms with Crippen molar-refractivity contribution in [1.29, 1.82) is 0 Å². The van der Waals surface area contributed by atoms with Crippen molar-refractivity contribution < 1.29 is 4.74 Å². The quantitative estimate of drug-likeness (QED) is 0.501. The summed E-state index contributed by atoms with van der Waals surface area (Å²) in [5, 5.41) is 0. The predicted molar refractivity (Wildman–Crippen MR) is 72.9 cm³/mol. The topological polar surface area (TPSA) is 73.1 Å². The Morgan fingerprint density at radius 3 is 2.56 bits per heavy atom. The number of thioether (sulfide) groups is 1. The SMILES string of the molecule is CSc1ccc(Oc2cc(NN)nc(C)n2)cc1. The first-order valence-corrected chi connectivity index (χ1v) is 6.58. The zero-order chi connectivity index (χ0) is 13.0. The van der Waals surface area contributed by atoms with Crippen molar-refractivity contribution >= 4 is 17.6 Å². The number of hydrogen-bond donors (Lipinski definition) is 2. The maximum atomic E-state index is 5.65. The van der Waals surface area contributed by atoms with Gasteiger partial charge in [-0.2, -0.15) is 4.98 Å². The second kappa shape index (κ2) is 5.70. The molecule has 1 aromatic heterocycles. The van der Waals surface area contributed by atoms with E-state index in [0.29, 0.717) is 17.5 Å². The van der Waals surface area contributed by atoms with Crippen LogP contribution in [0.5, 0.6) is 11.6 Å². The first kappa shape index (κ1) is 12.7. The van der Waals surface area contributed by atoms with Gasteiger partial charge in [-0.1, -0.05) is 0 Å². The summed E-state index contributed by atoms with van der Waals surface area (Å²) in [6.45, 7) is 1.78. The molecular formula is C12H14N4OS. The minimum atomic E-state index is 0.465. The van der Waals surface area contributed by atoms with Crippen LogP contribution in [-0.4, -0.2) is 16.2 Å². The Hall–Kier alpha value is -1.79. The number of ether oxygens (including phenoxy) is 1. The van der Waals surface area contributed by atoms with E-state index in [9.17, 15) is 0 Å². The average Bonchev–Trinajstić information content (AvgIpc) is 2.39. The van der Waals surface area contributed by atoms with Crippen LogP contribution in [0.25, 0.3) is 0 Å². The Morgan fingerprint density at radius 1 is 1.22 bits per heavy atom. The molecule has 0 saturated carbocycles. The summed E-state index contributed by atoms with van der Waals surface area (Å²) >= 11 is 1.68. The Morgan fingerprint density at radius 2 is 1.94 bits per heavy atom. The highest BCUT2D eigenvalue weighted by Gasteiger charge is 2.03. The summed E-state index contributed by atoms with van der Waals surface area (Å²) in [5.74, 6) is 7.64. The lowest BCUT2D eigenvalue weighted by molar-refractivity contribution is 0.460. The van der Waals surface area contributed by atoms with E-state index in [-0.39, 0.29) is 0 Å². The van der Waals surface area contributed by atoms with Gasteiger partial charge in [-0.25, -0.2) is 10.8 Å². The molecule has 6 heteroatoms. The van der Waals surface area contributed by atoms with Crippen molar-refractivity contribution in [3.8, 4) is 11.6 Å². The van der Waals surface area contributed by atoms with E-state index in [1.807, 2.05) is 30.5 Å². The van der Waals surface area contributed by atoms with Gasteiger partial charge in [0.05, 0.1) is 0 Å². The molecule has 1 heterocycles. The summed E-state index contributed by atoms with van der Waals surface area (Å²) in [6.07, 6.45) is 2.03. The van der Waals surface area contributed by atoms with E-state index in [1.165, 1.54) is 4.90 Å². The Labute approximate surface area is 110 Å². The van der Waals surface area contributed by atoms with Crippen LogP contribution < -0.4 is 16.0 Å². The van der Waals surface area contributed by atoms with Crippen LogP contribution >= 0.6 is 11.8 Å². The molecule has 2 rings (SSSR count). The number of aryl methyl sites for hydroxylation is 1. The molecule has 3 N–H and O–H groups in total.